The zero-order chi connectivity index (χ0) is 18.3. The molecule has 4 rings (SSSR count). The summed E-state index contributed by atoms with van der Waals surface area (Å²) in [6, 6.07) is 20.3. The van der Waals surface area contributed by atoms with Crippen molar-refractivity contribution in [3.63, 3.8) is 0 Å². The molecule has 0 unspecified atom stereocenters. The number of nitrogens with zero attached hydrogens (tertiary/aromatic N) is 1. The Labute approximate surface area is 151 Å². The lowest BCUT2D eigenvalue weighted by molar-refractivity contribution is -0.114. The van der Waals surface area contributed by atoms with Crippen LogP contribution >= 0.6 is 0 Å². The average molecular weight is 342 g/mol. The summed E-state index contributed by atoms with van der Waals surface area (Å²) in [7, 11) is 0. The van der Waals surface area contributed by atoms with E-state index in [0.29, 0.717) is 12.1 Å². The fraction of sp³-hybridized carbons (Fsp3) is 0.0909. The lowest BCUT2D eigenvalue weighted by Crippen LogP contribution is -2.30. The molecule has 0 fully saturated rings. The van der Waals surface area contributed by atoms with Crippen molar-refractivity contribution >= 4 is 22.6 Å². The van der Waals surface area contributed by atoms with Crippen LogP contribution in [0.2, 0.25) is 0 Å². The Bertz CT molecular complexity index is 1050. The largest absolute Gasteiger partial charge is 0.366 e. The molecule has 0 saturated carbocycles. The molecule has 128 valence electrons. The van der Waals surface area contributed by atoms with Crippen LogP contribution in [-0.2, 0) is 11.3 Å². The number of carbonyl (C=O) groups is 2. The van der Waals surface area contributed by atoms with Gasteiger partial charge in [0.1, 0.15) is 0 Å². The van der Waals surface area contributed by atoms with Crippen LogP contribution in [0.3, 0.4) is 0 Å². The molecule has 0 bridgehead atoms. The van der Waals surface area contributed by atoms with Crippen molar-refractivity contribution in [3.05, 3.63) is 83.9 Å². The first-order chi connectivity index (χ1) is 12.5. The predicted octanol–water partition coefficient (Wildman–Crippen LogP) is 3.50. The number of primary amides is 1. The molecule has 1 aliphatic rings. The Kier molecular flexibility index (Phi) is 3.81. The van der Waals surface area contributed by atoms with Gasteiger partial charge >= 0.3 is 0 Å². The lowest BCUT2D eigenvalue weighted by Gasteiger charge is -2.15. The van der Waals surface area contributed by atoms with Gasteiger partial charge in [0.05, 0.1) is 6.54 Å². The Balaban J connectivity index is 1.77. The van der Waals surface area contributed by atoms with Crippen molar-refractivity contribution in [1.29, 1.82) is 0 Å². The maximum absolute atomic E-state index is 12.7. The Hall–Kier alpha value is -3.40. The summed E-state index contributed by atoms with van der Waals surface area (Å²) in [6.07, 6.45) is 0. The van der Waals surface area contributed by atoms with E-state index in [9.17, 15) is 9.59 Å². The number of amides is 2. The normalized spacial score (nSPS) is 13.1. The van der Waals surface area contributed by atoms with Gasteiger partial charge in [0, 0.05) is 17.7 Å². The summed E-state index contributed by atoms with van der Waals surface area (Å²) >= 11 is 0. The van der Waals surface area contributed by atoms with E-state index in [1.165, 1.54) is 0 Å². The molecule has 0 atom stereocenters. The molecule has 4 nitrogen and oxygen atoms in total. The Morgan fingerprint density at radius 1 is 1.04 bits per heavy atom. The predicted molar refractivity (Wildman–Crippen MR) is 102 cm³/mol. The van der Waals surface area contributed by atoms with E-state index in [1.54, 1.807) is 4.90 Å². The second-order valence-electron chi connectivity index (χ2n) is 6.52. The van der Waals surface area contributed by atoms with Gasteiger partial charge in [-0.05, 0) is 39.6 Å². The zero-order valence-electron chi connectivity index (χ0n) is 14.2. The molecule has 0 radical (unpaired) electrons. The second kappa shape index (κ2) is 6.15. The number of carbonyl (C=O) groups excluding carboxylic acids is 2. The lowest BCUT2D eigenvalue weighted by atomic mass is 9.96. The first kappa shape index (κ1) is 16.1. The average Bonchev–Trinajstić information content (AvgIpc) is 2.98. The van der Waals surface area contributed by atoms with Gasteiger partial charge < -0.3 is 10.6 Å². The Morgan fingerprint density at radius 2 is 1.77 bits per heavy atom. The van der Waals surface area contributed by atoms with Crippen LogP contribution in [0.25, 0.3) is 21.9 Å². The van der Waals surface area contributed by atoms with Crippen LogP contribution in [-0.4, -0.2) is 23.3 Å². The summed E-state index contributed by atoms with van der Waals surface area (Å²) < 4.78 is 0. The minimum absolute atomic E-state index is 0.0885. The van der Waals surface area contributed by atoms with Crippen molar-refractivity contribution in [1.82, 2.24) is 4.90 Å². The highest BCUT2D eigenvalue weighted by molar-refractivity contribution is 6.05. The van der Waals surface area contributed by atoms with Crippen molar-refractivity contribution in [2.24, 2.45) is 5.73 Å². The maximum atomic E-state index is 12.7. The van der Waals surface area contributed by atoms with Gasteiger partial charge in [-0.2, -0.15) is 0 Å². The van der Waals surface area contributed by atoms with Crippen LogP contribution in [0.5, 0.6) is 0 Å². The molecule has 4 heteroatoms. The van der Waals surface area contributed by atoms with E-state index in [0.717, 1.165) is 27.5 Å². The summed E-state index contributed by atoms with van der Waals surface area (Å²) in [5.41, 5.74) is 9.41. The van der Waals surface area contributed by atoms with Gasteiger partial charge in [-0.25, -0.2) is 0 Å². The molecule has 0 spiro atoms. The molecular formula is C22H18N2O2. The minimum Gasteiger partial charge on any atom is -0.366 e. The molecule has 1 aliphatic heterocycles. The smallest absolute Gasteiger partial charge is 0.254 e. The standard InChI is InChI=1S/C22H18N2O2/c1-14(21(23)25)12-24-13-20-18(22(24)26)10-9-16-7-8-17(11-19(16)20)15-5-3-2-4-6-15/h2-11H,1,12-13H2,(H2,23,25). The highest BCUT2D eigenvalue weighted by Gasteiger charge is 2.29. The summed E-state index contributed by atoms with van der Waals surface area (Å²) in [6.45, 7) is 4.27. The van der Waals surface area contributed by atoms with E-state index in [2.05, 4.69) is 36.9 Å². The molecule has 0 aliphatic carbocycles. The minimum atomic E-state index is -0.579. The van der Waals surface area contributed by atoms with Crippen molar-refractivity contribution in [3.8, 4) is 11.1 Å². The number of rotatable bonds is 4. The van der Waals surface area contributed by atoms with Crippen LogP contribution in [0.1, 0.15) is 15.9 Å². The van der Waals surface area contributed by atoms with E-state index in [4.69, 9.17) is 5.73 Å². The van der Waals surface area contributed by atoms with E-state index in [-0.39, 0.29) is 18.0 Å². The summed E-state index contributed by atoms with van der Waals surface area (Å²) in [5.74, 6) is -0.667. The van der Waals surface area contributed by atoms with Crippen LogP contribution < -0.4 is 5.73 Å². The third kappa shape index (κ3) is 2.65. The molecule has 1 heterocycles. The highest BCUT2D eigenvalue weighted by atomic mass is 16.2. The third-order valence-electron chi connectivity index (χ3n) is 4.84. The quantitative estimate of drug-likeness (QED) is 0.738. The fourth-order valence-electron chi connectivity index (χ4n) is 3.43. The van der Waals surface area contributed by atoms with Crippen molar-refractivity contribution in [2.75, 3.05) is 6.54 Å². The van der Waals surface area contributed by atoms with Gasteiger partial charge in [-0.3, -0.25) is 9.59 Å². The monoisotopic (exact) mass is 342 g/mol. The number of fused-ring (bicyclic) bond motifs is 3. The highest BCUT2D eigenvalue weighted by Crippen LogP contribution is 2.33. The van der Waals surface area contributed by atoms with Crippen LogP contribution in [0.15, 0.2) is 72.8 Å². The Morgan fingerprint density at radius 3 is 2.50 bits per heavy atom. The third-order valence-corrected chi connectivity index (χ3v) is 4.84. The topological polar surface area (TPSA) is 63.4 Å². The van der Waals surface area contributed by atoms with Crippen molar-refractivity contribution in [2.45, 2.75) is 6.54 Å². The molecule has 3 aromatic carbocycles. The van der Waals surface area contributed by atoms with E-state index in [1.807, 2.05) is 30.3 Å². The molecule has 2 amide bonds. The molecular weight excluding hydrogens is 324 g/mol. The molecule has 0 saturated heterocycles. The van der Waals surface area contributed by atoms with E-state index < -0.39 is 5.91 Å². The maximum Gasteiger partial charge on any atom is 0.254 e. The van der Waals surface area contributed by atoms with Gasteiger partial charge in [-0.15, -0.1) is 0 Å². The fourth-order valence-corrected chi connectivity index (χ4v) is 3.43. The van der Waals surface area contributed by atoms with Gasteiger partial charge in [-0.1, -0.05) is 55.1 Å². The molecule has 0 aromatic heterocycles. The SMILES string of the molecule is C=C(CN1Cc2c(ccc3ccc(-c4ccccc4)cc23)C1=O)C(N)=O. The zero-order valence-corrected chi connectivity index (χ0v) is 14.2. The van der Waals surface area contributed by atoms with Gasteiger partial charge in [0.15, 0.2) is 0 Å². The van der Waals surface area contributed by atoms with Crippen molar-refractivity contribution < 1.29 is 9.59 Å². The second-order valence-corrected chi connectivity index (χ2v) is 6.52. The number of hydrogen-bond donors (Lipinski definition) is 1. The summed E-state index contributed by atoms with van der Waals surface area (Å²) in [4.78, 5) is 25.6. The van der Waals surface area contributed by atoms with Gasteiger partial charge in [0.2, 0.25) is 5.91 Å². The summed E-state index contributed by atoms with van der Waals surface area (Å²) in [5, 5.41) is 2.15. The number of hydrogen-bond acceptors (Lipinski definition) is 2. The number of benzene rings is 3. The van der Waals surface area contributed by atoms with Crippen LogP contribution in [0.4, 0.5) is 0 Å². The van der Waals surface area contributed by atoms with E-state index >= 15 is 0 Å². The molecule has 26 heavy (non-hydrogen) atoms. The molecule has 3 aromatic rings. The first-order valence-electron chi connectivity index (χ1n) is 8.42. The van der Waals surface area contributed by atoms with Crippen LogP contribution in [0, 0.1) is 0 Å². The van der Waals surface area contributed by atoms with Gasteiger partial charge in [0.25, 0.3) is 5.91 Å². The molecule has 2 N–H and O–H groups in total. The first-order valence-corrected chi connectivity index (χ1v) is 8.42. The number of nitrogens with two attached hydrogens (primary N) is 1.